The van der Waals surface area contributed by atoms with Crippen LogP contribution in [0.4, 0.5) is 5.69 Å². The first-order chi connectivity index (χ1) is 12.5. The van der Waals surface area contributed by atoms with Crippen LogP contribution >= 0.6 is 0 Å². The second-order valence-electron chi connectivity index (χ2n) is 6.89. The van der Waals surface area contributed by atoms with Crippen molar-refractivity contribution in [1.82, 2.24) is 0 Å². The predicted molar refractivity (Wildman–Crippen MR) is 95.6 cm³/mol. The van der Waals surface area contributed by atoms with Gasteiger partial charge in [0.2, 0.25) is 5.91 Å². The number of allylic oxidation sites excluding steroid dienone is 2. The minimum absolute atomic E-state index is 0.0195. The van der Waals surface area contributed by atoms with Gasteiger partial charge in [-0.15, -0.1) is 0 Å². The van der Waals surface area contributed by atoms with E-state index in [0.29, 0.717) is 17.9 Å². The Kier molecular flexibility index (Phi) is 5.40. The molecular weight excluding hydrogens is 334 g/mol. The molecule has 1 saturated carbocycles. The molecule has 6 heteroatoms. The van der Waals surface area contributed by atoms with Gasteiger partial charge in [0.25, 0.3) is 0 Å². The van der Waals surface area contributed by atoms with Crippen molar-refractivity contribution in [3.8, 4) is 0 Å². The molecule has 1 amide bonds. The number of ether oxygens (including phenoxy) is 1. The fourth-order valence-electron chi connectivity index (χ4n) is 3.82. The average Bonchev–Trinajstić information content (AvgIpc) is 3.23. The first-order valence-electron chi connectivity index (χ1n) is 9.00. The first-order valence-corrected chi connectivity index (χ1v) is 9.00. The van der Waals surface area contributed by atoms with Crippen LogP contribution in [-0.4, -0.2) is 29.6 Å². The van der Waals surface area contributed by atoms with E-state index < -0.39 is 17.8 Å². The first kappa shape index (κ1) is 18.2. The largest absolute Gasteiger partial charge is 0.481 e. The number of carbonyl (C=O) groups is 3. The maximum Gasteiger partial charge on any atom is 0.338 e. The Morgan fingerprint density at radius 3 is 2.38 bits per heavy atom. The third-order valence-corrected chi connectivity index (χ3v) is 5.17. The highest BCUT2D eigenvalue weighted by atomic mass is 16.5. The van der Waals surface area contributed by atoms with Crippen molar-refractivity contribution >= 4 is 23.5 Å². The van der Waals surface area contributed by atoms with Crippen LogP contribution in [0.15, 0.2) is 36.4 Å². The number of carbonyl (C=O) groups excluding carboxylic acids is 2. The van der Waals surface area contributed by atoms with Crippen LogP contribution in [0.3, 0.4) is 0 Å². The molecule has 0 aromatic heterocycles. The van der Waals surface area contributed by atoms with Gasteiger partial charge in [0.1, 0.15) is 0 Å². The fourth-order valence-corrected chi connectivity index (χ4v) is 3.82. The highest BCUT2D eigenvalue weighted by Gasteiger charge is 2.51. The number of anilines is 1. The van der Waals surface area contributed by atoms with Crippen molar-refractivity contribution in [1.29, 1.82) is 0 Å². The average molecular weight is 357 g/mol. The fraction of sp³-hybridized carbons (Fsp3) is 0.450. The normalized spacial score (nSPS) is 25.9. The molecule has 1 aromatic rings. The highest BCUT2D eigenvalue weighted by Crippen LogP contribution is 2.48. The number of esters is 1. The molecule has 0 aliphatic heterocycles. The zero-order chi connectivity index (χ0) is 18.7. The minimum atomic E-state index is -0.924. The summed E-state index contributed by atoms with van der Waals surface area (Å²) in [4.78, 5) is 36.0. The monoisotopic (exact) mass is 357 g/mol. The van der Waals surface area contributed by atoms with E-state index in [1.807, 2.05) is 19.1 Å². The van der Waals surface area contributed by atoms with E-state index in [1.54, 1.807) is 24.3 Å². The second-order valence-corrected chi connectivity index (χ2v) is 6.89. The molecule has 6 nitrogen and oxygen atoms in total. The second kappa shape index (κ2) is 7.72. The quantitative estimate of drug-likeness (QED) is 0.444. The Morgan fingerprint density at radius 2 is 1.77 bits per heavy atom. The molecule has 2 aliphatic carbocycles. The Balaban J connectivity index is 1.62. The highest BCUT2D eigenvalue weighted by molar-refractivity contribution is 5.97. The lowest BCUT2D eigenvalue weighted by atomic mass is 9.82. The van der Waals surface area contributed by atoms with E-state index >= 15 is 0 Å². The topological polar surface area (TPSA) is 92.7 Å². The molecule has 2 bridgehead atoms. The molecule has 1 aromatic carbocycles. The molecular formula is C20H23NO5. The number of carboxylic acid groups (broad SMARTS) is 1. The number of aliphatic carboxylic acids is 1. The lowest BCUT2D eigenvalue weighted by Crippen LogP contribution is -2.36. The summed E-state index contributed by atoms with van der Waals surface area (Å²) in [7, 11) is 0. The van der Waals surface area contributed by atoms with Gasteiger partial charge in [-0.2, -0.15) is 0 Å². The van der Waals surface area contributed by atoms with Crippen molar-refractivity contribution in [2.75, 3.05) is 11.9 Å². The number of benzene rings is 1. The van der Waals surface area contributed by atoms with Gasteiger partial charge >= 0.3 is 11.9 Å². The third kappa shape index (κ3) is 3.64. The summed E-state index contributed by atoms with van der Waals surface area (Å²) in [5.74, 6) is -2.90. The van der Waals surface area contributed by atoms with E-state index in [2.05, 4.69) is 5.32 Å². The molecule has 0 spiro atoms. The Labute approximate surface area is 152 Å². The van der Waals surface area contributed by atoms with Gasteiger partial charge in [0.05, 0.1) is 24.0 Å². The number of fused-ring (bicyclic) bond motifs is 2. The third-order valence-electron chi connectivity index (χ3n) is 5.17. The number of carboxylic acids is 1. The summed E-state index contributed by atoms with van der Waals surface area (Å²) in [6.07, 6.45) is 6.35. The SMILES string of the molecule is CCCCOC(=O)c1ccc(NC(=O)[C@H]2[C@@H](C(=O)O)[C@H]3C=C[C@H]2C3)cc1. The Morgan fingerprint density at radius 1 is 1.12 bits per heavy atom. The number of rotatable bonds is 7. The molecule has 138 valence electrons. The molecule has 2 N–H and O–H groups in total. The predicted octanol–water partition coefficient (Wildman–Crippen LogP) is 3.10. The summed E-state index contributed by atoms with van der Waals surface area (Å²) < 4.78 is 5.15. The van der Waals surface area contributed by atoms with E-state index in [9.17, 15) is 19.5 Å². The maximum absolute atomic E-state index is 12.6. The molecule has 1 fully saturated rings. The van der Waals surface area contributed by atoms with Gasteiger partial charge < -0.3 is 15.2 Å². The van der Waals surface area contributed by atoms with Gasteiger partial charge in [0, 0.05) is 5.69 Å². The molecule has 26 heavy (non-hydrogen) atoms. The van der Waals surface area contributed by atoms with Crippen LogP contribution < -0.4 is 5.32 Å². The lowest BCUT2D eigenvalue weighted by molar-refractivity contribution is -0.146. The van der Waals surface area contributed by atoms with E-state index in [-0.39, 0.29) is 23.7 Å². The number of hydrogen-bond acceptors (Lipinski definition) is 4. The summed E-state index contributed by atoms with van der Waals surface area (Å²) in [5.41, 5.74) is 0.960. The zero-order valence-electron chi connectivity index (χ0n) is 14.7. The number of hydrogen-bond donors (Lipinski definition) is 2. The van der Waals surface area contributed by atoms with Gasteiger partial charge in [0.15, 0.2) is 0 Å². The van der Waals surface area contributed by atoms with Crippen LogP contribution in [0.2, 0.25) is 0 Å². The number of nitrogens with one attached hydrogen (secondary N) is 1. The Bertz CT molecular complexity index is 724. The molecule has 3 rings (SSSR count). The molecule has 0 heterocycles. The van der Waals surface area contributed by atoms with Gasteiger partial charge in [-0.3, -0.25) is 9.59 Å². The molecule has 4 atom stereocenters. The molecule has 2 aliphatic rings. The smallest absolute Gasteiger partial charge is 0.338 e. The van der Waals surface area contributed by atoms with Crippen LogP contribution in [-0.2, 0) is 14.3 Å². The Hall–Kier alpha value is -2.63. The van der Waals surface area contributed by atoms with Crippen molar-refractivity contribution in [2.24, 2.45) is 23.7 Å². The zero-order valence-corrected chi connectivity index (χ0v) is 14.7. The van der Waals surface area contributed by atoms with Crippen molar-refractivity contribution in [2.45, 2.75) is 26.2 Å². The summed E-state index contributed by atoms with van der Waals surface area (Å²) in [6.45, 7) is 2.41. The van der Waals surface area contributed by atoms with E-state index in [1.165, 1.54) is 0 Å². The van der Waals surface area contributed by atoms with Crippen LogP contribution in [0.25, 0.3) is 0 Å². The summed E-state index contributed by atoms with van der Waals surface area (Å²) in [6, 6.07) is 6.46. The van der Waals surface area contributed by atoms with E-state index in [0.717, 1.165) is 19.3 Å². The molecule has 0 saturated heterocycles. The standard InChI is InChI=1S/C20H23NO5/c1-2-3-10-26-20(25)12-6-8-15(9-7-12)21-18(22)16-13-4-5-14(11-13)17(16)19(23)24/h4-9,13-14,16-17H,2-3,10-11H2,1H3,(H,21,22)(H,23,24)/t13-,14-,16+,17-/m0/s1. The van der Waals surface area contributed by atoms with E-state index in [4.69, 9.17) is 4.74 Å². The van der Waals surface area contributed by atoms with Gasteiger partial charge in [-0.25, -0.2) is 4.79 Å². The maximum atomic E-state index is 12.6. The number of amides is 1. The summed E-state index contributed by atoms with van der Waals surface area (Å²) in [5, 5.41) is 12.2. The minimum Gasteiger partial charge on any atom is -0.481 e. The summed E-state index contributed by atoms with van der Waals surface area (Å²) >= 11 is 0. The lowest BCUT2D eigenvalue weighted by Gasteiger charge is -2.23. The van der Waals surface area contributed by atoms with Gasteiger partial charge in [-0.1, -0.05) is 25.5 Å². The van der Waals surface area contributed by atoms with Crippen LogP contribution in [0.1, 0.15) is 36.5 Å². The van der Waals surface area contributed by atoms with Gasteiger partial charge in [-0.05, 0) is 48.9 Å². The number of unbranched alkanes of at least 4 members (excludes halogenated alkanes) is 1. The van der Waals surface area contributed by atoms with Crippen molar-refractivity contribution < 1.29 is 24.2 Å². The van der Waals surface area contributed by atoms with Crippen molar-refractivity contribution in [3.05, 3.63) is 42.0 Å². The molecule has 0 unspecified atom stereocenters. The molecule has 0 radical (unpaired) electrons. The van der Waals surface area contributed by atoms with Crippen molar-refractivity contribution in [3.63, 3.8) is 0 Å². The van der Waals surface area contributed by atoms with Crippen LogP contribution in [0.5, 0.6) is 0 Å². The van der Waals surface area contributed by atoms with Crippen LogP contribution in [0, 0.1) is 23.7 Å².